The van der Waals surface area contributed by atoms with Gasteiger partial charge >= 0.3 is 12.2 Å². The second-order valence-corrected chi connectivity index (χ2v) is 6.48. The number of fused-ring (bicyclic) bond motifs is 1. The molecule has 30 heavy (non-hydrogen) atoms. The monoisotopic (exact) mass is 412 g/mol. The number of nitrogen functional groups attached to an aromatic ring is 1. The number of rotatable bonds is 3. The van der Waals surface area contributed by atoms with E-state index in [0.717, 1.165) is 23.3 Å². The van der Waals surface area contributed by atoms with E-state index in [1.165, 1.54) is 12.1 Å². The molecule has 0 aliphatic heterocycles. The van der Waals surface area contributed by atoms with Crippen molar-refractivity contribution in [3.05, 3.63) is 72.3 Å². The number of carbonyl (C=O) groups excluding carboxylic acids is 1. The Morgan fingerprint density at radius 2 is 1.63 bits per heavy atom. The van der Waals surface area contributed by atoms with Crippen molar-refractivity contribution >= 4 is 34.2 Å². The Balaban J connectivity index is 1.49. The molecule has 1 aromatic heterocycles. The molecular weight excluding hydrogens is 397 g/mol. The van der Waals surface area contributed by atoms with E-state index in [1.54, 1.807) is 30.3 Å². The zero-order chi connectivity index (χ0) is 21.3. The Kier molecular flexibility index (Phi) is 4.78. The van der Waals surface area contributed by atoms with Crippen LogP contribution < -0.4 is 16.4 Å². The van der Waals surface area contributed by atoms with Crippen molar-refractivity contribution in [2.24, 2.45) is 0 Å². The molecule has 0 radical (unpaired) electrons. The van der Waals surface area contributed by atoms with Gasteiger partial charge in [-0.25, -0.2) is 4.79 Å². The molecule has 4 aromatic rings. The first kappa shape index (κ1) is 19.3. The highest BCUT2D eigenvalue weighted by atomic mass is 19.4. The molecular formula is C21H15F3N4O2. The molecule has 9 heteroatoms. The van der Waals surface area contributed by atoms with Crippen molar-refractivity contribution in [2.75, 3.05) is 16.4 Å². The zero-order valence-electron chi connectivity index (χ0n) is 15.3. The number of nitrogens with zero attached hydrogens (tertiary/aromatic N) is 1. The number of aromatic nitrogens is 1. The topological polar surface area (TPSA) is 93.2 Å². The first-order valence-corrected chi connectivity index (χ1v) is 8.81. The number of nitrogens with one attached hydrogen (secondary N) is 2. The molecule has 0 fully saturated rings. The average Bonchev–Trinajstić information content (AvgIpc) is 3.09. The van der Waals surface area contributed by atoms with E-state index in [4.69, 9.17) is 10.3 Å². The summed E-state index contributed by atoms with van der Waals surface area (Å²) < 4.78 is 43.5. The zero-order valence-corrected chi connectivity index (χ0v) is 15.3. The molecule has 0 atom stereocenters. The summed E-state index contributed by atoms with van der Waals surface area (Å²) in [4.78, 5) is 12.1. The third-order valence-corrected chi connectivity index (χ3v) is 4.43. The van der Waals surface area contributed by atoms with Gasteiger partial charge in [-0.15, -0.1) is 0 Å². The summed E-state index contributed by atoms with van der Waals surface area (Å²) in [6.07, 6.45) is -4.49. The van der Waals surface area contributed by atoms with Gasteiger partial charge in [0.2, 0.25) is 0 Å². The van der Waals surface area contributed by atoms with E-state index in [0.29, 0.717) is 16.7 Å². The highest BCUT2D eigenvalue weighted by Gasteiger charge is 2.30. The quantitative estimate of drug-likeness (QED) is 0.400. The maximum atomic E-state index is 12.8. The molecule has 6 nitrogen and oxygen atoms in total. The third kappa shape index (κ3) is 3.90. The minimum absolute atomic E-state index is 0.0357. The third-order valence-electron chi connectivity index (χ3n) is 4.43. The van der Waals surface area contributed by atoms with Crippen molar-refractivity contribution in [3.8, 4) is 11.1 Å². The van der Waals surface area contributed by atoms with Crippen molar-refractivity contribution in [2.45, 2.75) is 6.18 Å². The molecule has 3 aromatic carbocycles. The second-order valence-electron chi connectivity index (χ2n) is 6.48. The van der Waals surface area contributed by atoms with Crippen molar-refractivity contribution in [1.29, 1.82) is 0 Å². The van der Waals surface area contributed by atoms with E-state index in [9.17, 15) is 18.0 Å². The fraction of sp³-hybridized carbons (Fsp3) is 0.0476. The number of hydrogen-bond donors (Lipinski definition) is 3. The van der Waals surface area contributed by atoms with Crippen LogP contribution in [0.15, 0.2) is 71.3 Å². The number of urea groups is 1. The van der Waals surface area contributed by atoms with E-state index in [2.05, 4.69) is 15.8 Å². The van der Waals surface area contributed by atoms with Crippen LogP contribution in [0.5, 0.6) is 0 Å². The highest BCUT2D eigenvalue weighted by molar-refractivity contribution is 6.02. The first-order valence-electron chi connectivity index (χ1n) is 8.81. The smallest absolute Gasteiger partial charge is 0.380 e. The fourth-order valence-electron chi connectivity index (χ4n) is 3.06. The van der Waals surface area contributed by atoms with Gasteiger partial charge in [0.05, 0.1) is 10.9 Å². The summed E-state index contributed by atoms with van der Waals surface area (Å²) in [6.45, 7) is 0. The van der Waals surface area contributed by atoms with Crippen LogP contribution in [0, 0.1) is 0 Å². The van der Waals surface area contributed by atoms with Crippen LogP contribution in [0.25, 0.3) is 22.1 Å². The lowest BCUT2D eigenvalue weighted by Gasteiger charge is -2.11. The maximum Gasteiger partial charge on any atom is 0.416 e. The number of halogens is 3. The number of alkyl halides is 3. The van der Waals surface area contributed by atoms with Crippen molar-refractivity contribution in [1.82, 2.24) is 5.16 Å². The maximum absolute atomic E-state index is 12.8. The lowest BCUT2D eigenvalue weighted by atomic mass is 10.0. The summed E-state index contributed by atoms with van der Waals surface area (Å²) in [5, 5.41) is 9.44. The van der Waals surface area contributed by atoms with E-state index in [1.807, 2.05) is 12.1 Å². The molecule has 0 aliphatic rings. The summed E-state index contributed by atoms with van der Waals surface area (Å²) in [5.41, 5.74) is 7.76. The molecule has 2 amide bonds. The molecule has 4 rings (SSSR count). The minimum Gasteiger partial charge on any atom is -0.380 e. The van der Waals surface area contributed by atoms with Crippen LogP contribution in [0.3, 0.4) is 0 Å². The number of benzene rings is 3. The molecule has 0 saturated carbocycles. The van der Waals surface area contributed by atoms with Gasteiger partial charge in [0.25, 0.3) is 0 Å². The first-order chi connectivity index (χ1) is 14.3. The lowest BCUT2D eigenvalue weighted by Crippen LogP contribution is -2.19. The number of hydrogen-bond acceptors (Lipinski definition) is 4. The van der Waals surface area contributed by atoms with E-state index < -0.39 is 17.8 Å². The molecule has 0 bridgehead atoms. The van der Waals surface area contributed by atoms with Gasteiger partial charge in [0, 0.05) is 11.4 Å². The summed E-state index contributed by atoms with van der Waals surface area (Å²) in [6, 6.07) is 16.1. The Labute approximate surface area is 168 Å². The number of anilines is 3. The highest BCUT2D eigenvalue weighted by Crippen LogP contribution is 2.33. The number of nitrogens with two attached hydrogens (primary N) is 1. The predicted molar refractivity (Wildman–Crippen MR) is 108 cm³/mol. The summed E-state index contributed by atoms with van der Waals surface area (Å²) in [7, 11) is 0. The molecule has 4 N–H and O–H groups in total. The Bertz CT molecular complexity index is 1220. The molecule has 1 heterocycles. The van der Waals surface area contributed by atoms with Crippen LogP contribution in [0.1, 0.15) is 5.56 Å². The second kappa shape index (κ2) is 7.43. The molecule has 0 saturated heterocycles. The Morgan fingerprint density at radius 3 is 2.37 bits per heavy atom. The van der Waals surface area contributed by atoms with Gasteiger partial charge < -0.3 is 20.9 Å². The average molecular weight is 412 g/mol. The number of carbonyl (C=O) groups is 1. The van der Waals surface area contributed by atoms with E-state index >= 15 is 0 Å². The normalized spacial score (nSPS) is 11.4. The minimum atomic E-state index is -4.49. The van der Waals surface area contributed by atoms with Gasteiger partial charge in [-0.2, -0.15) is 13.2 Å². The standard InChI is InChI=1S/C21H15F3N4O2/c22-21(23,24)13-3-1-4-15(11-13)27-20(29)26-14-9-7-12(8-10-14)16-5-2-6-17-18(16)19(25)28-30-17/h1-11H,(H2,25,28)(H2,26,27,29). The van der Waals surface area contributed by atoms with E-state index in [-0.39, 0.29) is 11.5 Å². The Hall–Kier alpha value is -4.01. The predicted octanol–water partition coefficient (Wildman–Crippen LogP) is 5.74. The molecule has 0 unspecified atom stereocenters. The van der Waals surface area contributed by atoms with Crippen LogP contribution >= 0.6 is 0 Å². The SMILES string of the molecule is Nc1noc2cccc(-c3ccc(NC(=O)Nc4cccc(C(F)(F)F)c4)cc3)c12. The molecule has 152 valence electrons. The van der Waals surface area contributed by atoms with Gasteiger partial charge in [0.1, 0.15) is 0 Å². The van der Waals surface area contributed by atoms with Crippen molar-refractivity contribution < 1.29 is 22.5 Å². The van der Waals surface area contributed by atoms with Crippen molar-refractivity contribution in [3.63, 3.8) is 0 Å². The Morgan fingerprint density at radius 1 is 0.933 bits per heavy atom. The molecule has 0 aliphatic carbocycles. The van der Waals surface area contributed by atoms with Gasteiger partial charge in [-0.3, -0.25) is 0 Å². The van der Waals surface area contributed by atoms with Gasteiger partial charge in [0.15, 0.2) is 11.4 Å². The molecule has 0 spiro atoms. The fourth-order valence-corrected chi connectivity index (χ4v) is 3.06. The summed E-state index contributed by atoms with van der Waals surface area (Å²) >= 11 is 0. The largest absolute Gasteiger partial charge is 0.416 e. The van der Waals surface area contributed by atoms with Crippen LogP contribution in [0.2, 0.25) is 0 Å². The van der Waals surface area contributed by atoms with Crippen LogP contribution in [-0.2, 0) is 6.18 Å². The van der Waals surface area contributed by atoms with Crippen LogP contribution in [-0.4, -0.2) is 11.2 Å². The van der Waals surface area contributed by atoms with Gasteiger partial charge in [-0.1, -0.05) is 35.5 Å². The number of amides is 2. The van der Waals surface area contributed by atoms with Crippen LogP contribution in [0.4, 0.5) is 35.2 Å². The summed E-state index contributed by atoms with van der Waals surface area (Å²) in [5.74, 6) is 0.281. The van der Waals surface area contributed by atoms with Gasteiger partial charge in [-0.05, 0) is 47.5 Å². The lowest BCUT2D eigenvalue weighted by molar-refractivity contribution is -0.137.